The monoisotopic (exact) mass is 441 g/mol. The van der Waals surface area contributed by atoms with Gasteiger partial charge in [0.1, 0.15) is 0 Å². The van der Waals surface area contributed by atoms with Gasteiger partial charge in [-0.3, -0.25) is 9.69 Å². The maximum atomic E-state index is 12.5. The molecule has 2 heterocycles. The predicted octanol–water partition coefficient (Wildman–Crippen LogP) is 6.28. The zero-order chi connectivity index (χ0) is 23.2. The summed E-state index contributed by atoms with van der Waals surface area (Å²) in [5.41, 5.74) is 5.07. The minimum Gasteiger partial charge on any atom is -0.322 e. The van der Waals surface area contributed by atoms with Crippen molar-refractivity contribution in [3.05, 3.63) is 81.1 Å². The van der Waals surface area contributed by atoms with Gasteiger partial charge in [-0.25, -0.2) is 0 Å². The summed E-state index contributed by atoms with van der Waals surface area (Å²) >= 11 is 0. The number of aromatic amines is 1. The highest BCUT2D eigenvalue weighted by molar-refractivity contribution is 5.78. The fourth-order valence-electron chi connectivity index (χ4n) is 5.31. The number of benzene rings is 2. The van der Waals surface area contributed by atoms with E-state index < -0.39 is 0 Å². The lowest BCUT2D eigenvalue weighted by molar-refractivity contribution is 0.169. The van der Waals surface area contributed by atoms with Crippen LogP contribution in [-0.2, 0) is 6.54 Å². The van der Waals surface area contributed by atoms with E-state index in [0.717, 1.165) is 59.6 Å². The number of rotatable bonds is 8. The van der Waals surface area contributed by atoms with Gasteiger partial charge in [-0.05, 0) is 92.2 Å². The van der Waals surface area contributed by atoms with Gasteiger partial charge >= 0.3 is 0 Å². The number of fused-ring (bicyclic) bond motifs is 1. The Labute approximate surface area is 197 Å². The van der Waals surface area contributed by atoms with E-state index in [0.29, 0.717) is 5.92 Å². The minimum absolute atomic E-state index is 0.0412. The highest BCUT2D eigenvalue weighted by Crippen LogP contribution is 2.30. The Hall–Kier alpha value is -2.90. The fourth-order valence-corrected chi connectivity index (χ4v) is 5.31. The standard InChI is InChI=1S/C29H35N3O/c1-3-23(24-11-12-26(19-30)21(2)17-24)9-6-7-22-13-15-32(16-14-22)20-27-18-25-8-4-5-10-28(25)31-29(27)33/h4-5,8,10-12,17-18,22-23H,3,6-7,9,13-16,20H2,1-2H3,(H,31,33). The molecule has 1 atom stereocenters. The topological polar surface area (TPSA) is 59.9 Å². The molecule has 3 aromatic rings. The van der Waals surface area contributed by atoms with Crippen LogP contribution in [0.3, 0.4) is 0 Å². The molecule has 4 nitrogen and oxygen atoms in total. The van der Waals surface area contributed by atoms with Gasteiger partial charge in [0.25, 0.3) is 5.56 Å². The van der Waals surface area contributed by atoms with Crippen molar-refractivity contribution in [3.8, 4) is 6.07 Å². The summed E-state index contributed by atoms with van der Waals surface area (Å²) in [6.07, 6.45) is 7.35. The Bertz CT molecular complexity index is 1180. The number of pyridine rings is 1. The molecule has 0 radical (unpaired) electrons. The summed E-state index contributed by atoms with van der Waals surface area (Å²) in [6, 6.07) is 18.6. The number of aromatic nitrogens is 1. The number of para-hydroxylation sites is 1. The maximum absolute atomic E-state index is 12.5. The molecule has 1 aliphatic rings. The van der Waals surface area contributed by atoms with Crippen molar-refractivity contribution < 1.29 is 0 Å². The number of likely N-dealkylation sites (tertiary alicyclic amines) is 1. The quantitative estimate of drug-likeness (QED) is 0.447. The summed E-state index contributed by atoms with van der Waals surface area (Å²) in [4.78, 5) is 17.9. The van der Waals surface area contributed by atoms with Gasteiger partial charge in [0.15, 0.2) is 0 Å². The number of piperidine rings is 1. The van der Waals surface area contributed by atoms with Gasteiger partial charge in [0, 0.05) is 17.6 Å². The van der Waals surface area contributed by atoms with Gasteiger partial charge in [-0.2, -0.15) is 5.26 Å². The van der Waals surface area contributed by atoms with Crippen LogP contribution in [-0.4, -0.2) is 23.0 Å². The minimum atomic E-state index is 0.0412. The van der Waals surface area contributed by atoms with E-state index in [1.165, 1.54) is 37.7 Å². The molecule has 0 bridgehead atoms. The summed E-state index contributed by atoms with van der Waals surface area (Å²) in [5.74, 6) is 1.37. The van der Waals surface area contributed by atoms with Crippen LogP contribution in [0.4, 0.5) is 0 Å². The van der Waals surface area contributed by atoms with Crippen LogP contribution < -0.4 is 5.56 Å². The number of nitrogens with zero attached hydrogens (tertiary/aromatic N) is 2. The lowest BCUT2D eigenvalue weighted by Gasteiger charge is -2.32. The molecule has 0 spiro atoms. The highest BCUT2D eigenvalue weighted by Gasteiger charge is 2.21. The third kappa shape index (κ3) is 5.72. The average Bonchev–Trinajstić information content (AvgIpc) is 2.83. The average molecular weight is 442 g/mol. The molecular formula is C29H35N3O. The van der Waals surface area contributed by atoms with Crippen molar-refractivity contribution in [3.63, 3.8) is 0 Å². The molecule has 1 N–H and O–H groups in total. The lowest BCUT2D eigenvalue weighted by atomic mass is 9.86. The largest absolute Gasteiger partial charge is 0.322 e. The van der Waals surface area contributed by atoms with E-state index >= 15 is 0 Å². The molecule has 1 saturated heterocycles. The summed E-state index contributed by atoms with van der Waals surface area (Å²) in [5, 5.41) is 10.3. The SMILES string of the molecule is CCC(CCCC1CCN(Cc2cc3ccccc3[nH]c2=O)CC1)c1ccc(C#N)c(C)c1. The van der Waals surface area contributed by atoms with Crippen molar-refractivity contribution in [2.24, 2.45) is 5.92 Å². The van der Waals surface area contributed by atoms with E-state index in [-0.39, 0.29) is 5.56 Å². The van der Waals surface area contributed by atoms with Crippen LogP contribution in [0.25, 0.3) is 10.9 Å². The molecule has 1 aromatic heterocycles. The molecule has 1 fully saturated rings. The number of nitriles is 1. The van der Waals surface area contributed by atoms with Crippen molar-refractivity contribution in [2.45, 2.75) is 64.8 Å². The second kappa shape index (κ2) is 10.8. The van der Waals surface area contributed by atoms with Crippen LogP contribution >= 0.6 is 0 Å². The Morgan fingerprint density at radius 2 is 1.94 bits per heavy atom. The Balaban J connectivity index is 1.25. The molecular weight excluding hydrogens is 406 g/mol. The molecule has 0 amide bonds. The van der Waals surface area contributed by atoms with E-state index in [1.54, 1.807) is 0 Å². The number of aryl methyl sites for hydroxylation is 1. The maximum Gasteiger partial charge on any atom is 0.252 e. The van der Waals surface area contributed by atoms with Gasteiger partial charge < -0.3 is 4.98 Å². The second-order valence-electron chi connectivity index (χ2n) is 9.65. The van der Waals surface area contributed by atoms with Gasteiger partial charge in [0.05, 0.1) is 11.6 Å². The zero-order valence-electron chi connectivity index (χ0n) is 19.9. The van der Waals surface area contributed by atoms with Crippen LogP contribution in [0.5, 0.6) is 0 Å². The summed E-state index contributed by atoms with van der Waals surface area (Å²) in [6.45, 7) is 7.19. The zero-order valence-corrected chi connectivity index (χ0v) is 19.9. The van der Waals surface area contributed by atoms with Gasteiger partial charge in [-0.1, -0.05) is 50.1 Å². The Kier molecular flexibility index (Phi) is 7.62. The first-order valence-electron chi connectivity index (χ1n) is 12.4. The lowest BCUT2D eigenvalue weighted by Crippen LogP contribution is -2.34. The van der Waals surface area contributed by atoms with E-state index in [4.69, 9.17) is 0 Å². The van der Waals surface area contributed by atoms with Crippen molar-refractivity contribution in [1.29, 1.82) is 5.26 Å². The first-order valence-corrected chi connectivity index (χ1v) is 12.4. The highest BCUT2D eigenvalue weighted by atomic mass is 16.1. The predicted molar refractivity (Wildman–Crippen MR) is 135 cm³/mol. The molecule has 4 heteroatoms. The van der Waals surface area contributed by atoms with Crippen LogP contribution in [0, 0.1) is 24.2 Å². The van der Waals surface area contributed by atoms with E-state index in [2.05, 4.69) is 47.1 Å². The summed E-state index contributed by atoms with van der Waals surface area (Å²) < 4.78 is 0. The number of hydrogen-bond acceptors (Lipinski definition) is 3. The molecule has 172 valence electrons. The molecule has 1 unspecified atom stereocenters. The molecule has 1 aliphatic heterocycles. The number of hydrogen-bond donors (Lipinski definition) is 1. The van der Waals surface area contributed by atoms with E-state index in [1.807, 2.05) is 31.2 Å². The Morgan fingerprint density at radius 1 is 1.15 bits per heavy atom. The van der Waals surface area contributed by atoms with E-state index in [9.17, 15) is 10.1 Å². The van der Waals surface area contributed by atoms with Crippen LogP contribution in [0.2, 0.25) is 0 Å². The molecule has 0 saturated carbocycles. The molecule has 2 aromatic carbocycles. The smallest absolute Gasteiger partial charge is 0.252 e. The fraction of sp³-hybridized carbons (Fsp3) is 0.448. The van der Waals surface area contributed by atoms with Gasteiger partial charge in [-0.15, -0.1) is 0 Å². The third-order valence-electron chi connectivity index (χ3n) is 7.43. The van der Waals surface area contributed by atoms with Crippen molar-refractivity contribution in [2.75, 3.05) is 13.1 Å². The summed E-state index contributed by atoms with van der Waals surface area (Å²) in [7, 11) is 0. The van der Waals surface area contributed by atoms with Gasteiger partial charge in [0.2, 0.25) is 0 Å². The van der Waals surface area contributed by atoms with Crippen molar-refractivity contribution >= 4 is 10.9 Å². The van der Waals surface area contributed by atoms with Crippen LogP contribution in [0.1, 0.15) is 73.6 Å². The normalized spacial score (nSPS) is 16.0. The van der Waals surface area contributed by atoms with Crippen molar-refractivity contribution in [1.82, 2.24) is 9.88 Å². The third-order valence-corrected chi connectivity index (χ3v) is 7.43. The second-order valence-corrected chi connectivity index (χ2v) is 9.65. The molecule has 0 aliphatic carbocycles. The van der Waals surface area contributed by atoms with Crippen LogP contribution in [0.15, 0.2) is 53.3 Å². The Morgan fingerprint density at radius 3 is 2.67 bits per heavy atom. The first-order chi connectivity index (χ1) is 16.1. The number of H-pyrrole nitrogens is 1. The number of nitrogens with one attached hydrogen (secondary N) is 1. The molecule has 33 heavy (non-hydrogen) atoms. The first kappa shape index (κ1) is 23.3. The molecule has 4 rings (SSSR count).